The van der Waals surface area contributed by atoms with Crippen LogP contribution in [0.25, 0.3) is 10.8 Å². The summed E-state index contributed by atoms with van der Waals surface area (Å²) >= 11 is 0. The van der Waals surface area contributed by atoms with Crippen molar-refractivity contribution < 1.29 is 7.24 Å². The Morgan fingerprint density at radius 2 is 1.54 bits per heavy atom. The first kappa shape index (κ1) is 12.9. The van der Waals surface area contributed by atoms with Gasteiger partial charge in [-0.1, -0.05) is 36.4 Å². The maximum atomic E-state index is 13.0. The van der Waals surface area contributed by atoms with Gasteiger partial charge in [-0.2, -0.15) is 0 Å². The van der Waals surface area contributed by atoms with Crippen molar-refractivity contribution >= 4 is 50.8 Å². The van der Waals surface area contributed by atoms with Gasteiger partial charge in [0.15, 0.2) is 0 Å². The van der Waals surface area contributed by atoms with E-state index in [0.29, 0.717) is 5.39 Å². The molecule has 0 heterocycles. The Morgan fingerprint density at radius 3 is 2.23 bits per heavy atom. The van der Waals surface area contributed by atoms with Crippen LogP contribution in [-0.4, -0.2) is 23.1 Å². The summed E-state index contributed by atoms with van der Waals surface area (Å²) in [4.78, 5) is 0. The van der Waals surface area contributed by atoms with Gasteiger partial charge >= 0.3 is 23.1 Å². The van der Waals surface area contributed by atoms with Crippen LogP contribution in [0.4, 0.5) is 4.39 Å². The summed E-state index contributed by atoms with van der Waals surface area (Å²) in [5, 5.41) is 1.64. The van der Waals surface area contributed by atoms with E-state index in [1.165, 1.54) is 6.07 Å². The summed E-state index contributed by atoms with van der Waals surface area (Å²) in [6.07, 6.45) is 0. The van der Waals surface area contributed by atoms with Crippen LogP contribution in [0.15, 0.2) is 42.5 Å². The molecule has 0 amide bonds. The summed E-state index contributed by atoms with van der Waals surface area (Å²) in [6, 6.07) is 12.5. The molecule has 2 aromatic rings. The minimum absolute atomic E-state index is 0. The Kier molecular flexibility index (Phi) is 5.52. The van der Waals surface area contributed by atoms with Crippen molar-refractivity contribution in [3.05, 3.63) is 48.3 Å². The van der Waals surface area contributed by atoms with E-state index >= 15 is 0 Å². The largest absolute Gasteiger partial charge is 2.00 e. The quantitative estimate of drug-likeness (QED) is 0.631. The van der Waals surface area contributed by atoms with E-state index in [-0.39, 0.29) is 48.7 Å². The molecule has 2 rings (SSSR count). The average molecular weight is 253 g/mol. The van der Waals surface area contributed by atoms with Gasteiger partial charge in [0.1, 0.15) is 5.82 Å². The fourth-order valence-electron chi connectivity index (χ4n) is 1.19. The third kappa shape index (κ3) is 2.66. The number of rotatable bonds is 0. The number of fused-ring (bicyclic) bond motifs is 1. The van der Waals surface area contributed by atoms with E-state index in [2.05, 4.69) is 0 Å². The van der Waals surface area contributed by atoms with Gasteiger partial charge in [-0.15, -0.1) is 17.0 Å². The van der Waals surface area contributed by atoms with E-state index < -0.39 is 0 Å². The molecule has 0 fully saturated rings. The predicted octanol–water partition coefficient (Wildman–Crippen LogP) is 3.40. The first-order valence-electron chi connectivity index (χ1n) is 3.51. The van der Waals surface area contributed by atoms with E-state index in [4.69, 9.17) is 0 Å². The predicted molar refractivity (Wildman–Crippen MR) is 62.2 cm³/mol. The van der Waals surface area contributed by atoms with Crippen molar-refractivity contribution in [1.82, 2.24) is 0 Å². The van der Waals surface area contributed by atoms with E-state index in [0.717, 1.165) is 5.39 Å². The zero-order valence-electron chi connectivity index (χ0n) is 9.03. The first-order chi connectivity index (χ1) is 5.38. The molecule has 0 aliphatic rings. The molecule has 0 aliphatic carbocycles. The van der Waals surface area contributed by atoms with Gasteiger partial charge in [0, 0.05) is 5.39 Å². The monoisotopic (exact) mass is 252 g/mol. The summed E-state index contributed by atoms with van der Waals surface area (Å²) < 4.78 is 13.0. The Hall–Kier alpha value is -0.124. The van der Waals surface area contributed by atoms with Crippen molar-refractivity contribution in [2.75, 3.05) is 0 Å². The van der Waals surface area contributed by atoms with Crippen LogP contribution >= 0.6 is 17.0 Å². The fraction of sp³-hybridized carbons (Fsp3) is 0. The second-order valence-corrected chi connectivity index (χ2v) is 2.46. The van der Waals surface area contributed by atoms with Crippen LogP contribution in [-0.2, 0) is 0 Å². The van der Waals surface area contributed by atoms with Gasteiger partial charge in [-0.05, 0) is 11.5 Å². The summed E-state index contributed by atoms with van der Waals surface area (Å²) in [5.74, 6) is -0.150. The SMILES string of the molecule is Br.Fc1cccc2ccccc12.[H-].[H-].[Mg+2]. The Morgan fingerprint density at radius 1 is 0.923 bits per heavy atom. The van der Waals surface area contributed by atoms with Crippen molar-refractivity contribution in [1.29, 1.82) is 0 Å². The Bertz CT molecular complexity index is 393. The van der Waals surface area contributed by atoms with Gasteiger partial charge in [0.2, 0.25) is 0 Å². The molecule has 0 saturated carbocycles. The van der Waals surface area contributed by atoms with E-state index in [1.807, 2.05) is 24.3 Å². The molecule has 13 heavy (non-hydrogen) atoms. The smallest absolute Gasteiger partial charge is 1.00 e. The number of halogens is 2. The van der Waals surface area contributed by atoms with Gasteiger partial charge < -0.3 is 2.85 Å². The van der Waals surface area contributed by atoms with Crippen LogP contribution in [0, 0.1) is 5.82 Å². The molecular formula is C10H10BrFMg. The maximum absolute atomic E-state index is 13.0. The molecule has 0 aromatic heterocycles. The molecule has 0 nitrogen and oxygen atoms in total. The Labute approximate surface area is 106 Å². The number of benzene rings is 2. The molecule has 3 heteroatoms. The minimum Gasteiger partial charge on any atom is -1.00 e. The summed E-state index contributed by atoms with van der Waals surface area (Å²) in [5.41, 5.74) is 0. The molecular weight excluding hydrogens is 243 g/mol. The van der Waals surface area contributed by atoms with Gasteiger partial charge in [0.05, 0.1) is 0 Å². The van der Waals surface area contributed by atoms with Gasteiger partial charge in [0.25, 0.3) is 0 Å². The third-order valence-corrected chi connectivity index (χ3v) is 1.74. The van der Waals surface area contributed by atoms with Crippen LogP contribution in [0.5, 0.6) is 0 Å². The van der Waals surface area contributed by atoms with Crippen LogP contribution in [0.1, 0.15) is 2.85 Å². The molecule has 0 radical (unpaired) electrons. The number of hydrogen-bond donors (Lipinski definition) is 0. The van der Waals surface area contributed by atoms with Crippen molar-refractivity contribution in [2.24, 2.45) is 0 Å². The molecule has 0 aliphatic heterocycles. The zero-order chi connectivity index (χ0) is 7.68. The topological polar surface area (TPSA) is 0 Å². The maximum Gasteiger partial charge on any atom is 2.00 e. The van der Waals surface area contributed by atoms with Crippen LogP contribution in [0.2, 0.25) is 0 Å². The molecule has 0 bridgehead atoms. The molecule has 0 unspecified atom stereocenters. The molecule has 66 valence electrons. The fourth-order valence-corrected chi connectivity index (χ4v) is 1.19. The van der Waals surface area contributed by atoms with Crippen molar-refractivity contribution in [3.63, 3.8) is 0 Å². The Balaban J connectivity index is -0.000000360. The summed E-state index contributed by atoms with van der Waals surface area (Å²) in [6.45, 7) is 0. The standard InChI is InChI=1S/C10H7F.BrH.Mg.2H/c11-10-7-3-5-8-4-1-2-6-9(8)10;;;;/h1-7H;1H;;;/q;;+2;2*-1. The summed E-state index contributed by atoms with van der Waals surface area (Å²) in [7, 11) is 0. The van der Waals surface area contributed by atoms with Gasteiger partial charge in [-0.25, -0.2) is 4.39 Å². The zero-order valence-corrected chi connectivity index (χ0v) is 10.2. The van der Waals surface area contributed by atoms with Crippen molar-refractivity contribution in [2.45, 2.75) is 0 Å². The van der Waals surface area contributed by atoms with Crippen LogP contribution < -0.4 is 0 Å². The second-order valence-electron chi connectivity index (χ2n) is 2.46. The first-order valence-corrected chi connectivity index (χ1v) is 3.51. The normalized spacial score (nSPS) is 8.69. The average Bonchev–Trinajstić information content (AvgIpc) is 2.06. The molecule has 0 spiro atoms. The minimum atomic E-state index is -0.150. The number of hydrogen-bond acceptors (Lipinski definition) is 0. The second kappa shape index (κ2) is 5.57. The third-order valence-electron chi connectivity index (χ3n) is 1.74. The van der Waals surface area contributed by atoms with E-state index in [1.54, 1.807) is 12.1 Å². The molecule has 0 atom stereocenters. The molecule has 0 N–H and O–H groups in total. The molecule has 0 saturated heterocycles. The van der Waals surface area contributed by atoms with E-state index in [9.17, 15) is 4.39 Å². The molecule has 2 aromatic carbocycles. The van der Waals surface area contributed by atoms with Crippen molar-refractivity contribution in [3.8, 4) is 0 Å². The van der Waals surface area contributed by atoms with Crippen LogP contribution in [0.3, 0.4) is 0 Å². The van der Waals surface area contributed by atoms with Gasteiger partial charge in [-0.3, -0.25) is 0 Å².